The number of hydrogen-bond donors (Lipinski definition) is 0. The van der Waals surface area contributed by atoms with Crippen molar-refractivity contribution in [1.82, 2.24) is 0 Å². The maximum absolute atomic E-state index is 13.1. The second kappa shape index (κ2) is 4.06. The molecule has 1 nitrogen and oxygen atoms in total. The van der Waals surface area contributed by atoms with E-state index in [2.05, 4.69) is 0 Å². The number of nitriles is 1. The van der Waals surface area contributed by atoms with Gasteiger partial charge in [-0.2, -0.15) is 5.26 Å². The Morgan fingerprint density at radius 3 is 2.83 bits per heavy atom. The molecule has 0 bridgehead atoms. The van der Waals surface area contributed by atoms with Gasteiger partial charge in [0.25, 0.3) is 0 Å². The fourth-order valence-corrected chi connectivity index (χ4v) is 1.93. The van der Waals surface area contributed by atoms with Crippen molar-refractivity contribution in [1.29, 1.82) is 5.26 Å². The summed E-state index contributed by atoms with van der Waals surface area (Å²) in [6, 6.07) is 5.02. The Kier molecular flexibility index (Phi) is 3.29. The Balaban J connectivity index is 3.20. The first-order valence-electron chi connectivity index (χ1n) is 3.15. The molecular formula is C8H4ClFIN. The van der Waals surface area contributed by atoms with E-state index in [-0.39, 0.29) is 11.4 Å². The van der Waals surface area contributed by atoms with Crippen molar-refractivity contribution in [3.8, 4) is 6.07 Å². The van der Waals surface area contributed by atoms with Crippen LogP contribution in [-0.2, 0) is 6.42 Å². The highest BCUT2D eigenvalue weighted by Gasteiger charge is 2.07. The molecule has 0 aromatic heterocycles. The molecule has 0 atom stereocenters. The monoisotopic (exact) mass is 295 g/mol. The molecule has 0 amide bonds. The van der Waals surface area contributed by atoms with Crippen LogP contribution in [0.1, 0.15) is 5.56 Å². The Hall–Kier alpha value is -0.340. The molecule has 0 saturated carbocycles. The molecule has 0 radical (unpaired) electrons. The summed E-state index contributed by atoms with van der Waals surface area (Å²) in [4.78, 5) is 0. The fourth-order valence-electron chi connectivity index (χ4n) is 0.823. The zero-order chi connectivity index (χ0) is 9.14. The molecule has 1 aromatic rings. The summed E-state index contributed by atoms with van der Waals surface area (Å²) in [5, 5.41) is 8.44. The number of nitrogens with zero attached hydrogens (tertiary/aromatic N) is 1. The third kappa shape index (κ3) is 2.08. The van der Waals surface area contributed by atoms with Gasteiger partial charge in [0.2, 0.25) is 0 Å². The molecule has 0 unspecified atom stereocenters. The zero-order valence-electron chi connectivity index (χ0n) is 5.94. The molecule has 0 aliphatic carbocycles. The number of halogens is 3. The lowest BCUT2D eigenvalue weighted by Gasteiger charge is -2.00. The minimum Gasteiger partial charge on any atom is -0.205 e. The van der Waals surface area contributed by atoms with E-state index in [1.165, 1.54) is 6.07 Å². The van der Waals surface area contributed by atoms with Crippen LogP contribution in [0.15, 0.2) is 12.1 Å². The smallest absolute Gasteiger partial charge is 0.146 e. The average Bonchev–Trinajstić information content (AvgIpc) is 2.00. The summed E-state index contributed by atoms with van der Waals surface area (Å²) in [5.41, 5.74) is 0.356. The quantitative estimate of drug-likeness (QED) is 0.577. The zero-order valence-corrected chi connectivity index (χ0v) is 8.86. The molecule has 0 heterocycles. The normalized spacial score (nSPS) is 9.50. The molecule has 12 heavy (non-hydrogen) atoms. The third-order valence-corrected chi connectivity index (χ3v) is 2.24. The van der Waals surface area contributed by atoms with Crippen LogP contribution in [0.25, 0.3) is 0 Å². The standard InChI is InChI=1S/C8H4ClFIN/c9-7-4-6(11)3-5(1-2-12)8(7)10/h3-4H,1H2. The van der Waals surface area contributed by atoms with Crippen molar-refractivity contribution < 1.29 is 4.39 Å². The largest absolute Gasteiger partial charge is 0.205 e. The summed E-state index contributed by atoms with van der Waals surface area (Å²) < 4.78 is 13.9. The first-order chi connectivity index (χ1) is 5.65. The maximum Gasteiger partial charge on any atom is 0.146 e. The molecule has 0 aliphatic rings. The first-order valence-corrected chi connectivity index (χ1v) is 4.61. The summed E-state index contributed by atoms with van der Waals surface area (Å²) in [6.07, 6.45) is 0.0579. The first kappa shape index (κ1) is 9.75. The average molecular weight is 295 g/mol. The number of hydrogen-bond acceptors (Lipinski definition) is 1. The molecule has 0 saturated heterocycles. The Morgan fingerprint density at radius 1 is 1.58 bits per heavy atom. The molecule has 4 heteroatoms. The van der Waals surface area contributed by atoms with E-state index in [0.717, 1.165) is 3.57 Å². The van der Waals surface area contributed by atoms with Crippen LogP contribution in [0.4, 0.5) is 4.39 Å². The van der Waals surface area contributed by atoms with Crippen LogP contribution in [0.2, 0.25) is 5.02 Å². The molecule has 0 N–H and O–H groups in total. The van der Waals surface area contributed by atoms with Crippen molar-refractivity contribution >= 4 is 34.2 Å². The van der Waals surface area contributed by atoms with E-state index in [1.54, 1.807) is 6.07 Å². The molecular weight excluding hydrogens is 291 g/mol. The van der Waals surface area contributed by atoms with Crippen LogP contribution in [-0.4, -0.2) is 0 Å². The number of benzene rings is 1. The molecule has 62 valence electrons. The van der Waals surface area contributed by atoms with Gasteiger partial charge in [-0.1, -0.05) is 11.6 Å². The van der Waals surface area contributed by atoms with Crippen LogP contribution < -0.4 is 0 Å². The lowest BCUT2D eigenvalue weighted by atomic mass is 10.1. The van der Waals surface area contributed by atoms with Gasteiger partial charge in [0, 0.05) is 9.13 Å². The minimum absolute atomic E-state index is 0.0579. The van der Waals surface area contributed by atoms with Gasteiger partial charge in [-0.15, -0.1) is 0 Å². The fraction of sp³-hybridized carbons (Fsp3) is 0.125. The molecule has 1 aromatic carbocycles. The summed E-state index contributed by atoms with van der Waals surface area (Å²) in [6.45, 7) is 0. The van der Waals surface area contributed by atoms with E-state index >= 15 is 0 Å². The lowest BCUT2D eigenvalue weighted by Crippen LogP contribution is -1.90. The van der Waals surface area contributed by atoms with Crippen LogP contribution in [0, 0.1) is 20.7 Å². The van der Waals surface area contributed by atoms with Gasteiger partial charge in [0.05, 0.1) is 17.5 Å². The highest BCUT2D eigenvalue weighted by Crippen LogP contribution is 2.22. The van der Waals surface area contributed by atoms with Crippen molar-refractivity contribution in [2.24, 2.45) is 0 Å². The van der Waals surface area contributed by atoms with Crippen molar-refractivity contribution in [3.05, 3.63) is 32.1 Å². The molecule has 0 aliphatic heterocycles. The molecule has 0 fully saturated rings. The van der Waals surface area contributed by atoms with Crippen LogP contribution in [0.5, 0.6) is 0 Å². The van der Waals surface area contributed by atoms with Gasteiger partial charge >= 0.3 is 0 Å². The Labute approximate surface area is 88.3 Å². The van der Waals surface area contributed by atoms with E-state index < -0.39 is 5.82 Å². The Bertz CT molecular complexity index is 346. The van der Waals surface area contributed by atoms with Gasteiger partial charge in [-0.25, -0.2) is 4.39 Å². The number of rotatable bonds is 1. The van der Waals surface area contributed by atoms with E-state index in [4.69, 9.17) is 16.9 Å². The Morgan fingerprint density at radius 2 is 2.25 bits per heavy atom. The predicted molar refractivity (Wildman–Crippen MR) is 53.4 cm³/mol. The minimum atomic E-state index is -0.487. The second-order valence-electron chi connectivity index (χ2n) is 2.20. The van der Waals surface area contributed by atoms with Gasteiger partial charge in [-0.3, -0.25) is 0 Å². The van der Waals surface area contributed by atoms with Gasteiger partial charge in [0.15, 0.2) is 0 Å². The van der Waals surface area contributed by atoms with Crippen molar-refractivity contribution in [2.75, 3.05) is 0 Å². The summed E-state index contributed by atoms with van der Waals surface area (Å²) >= 11 is 7.59. The highest BCUT2D eigenvalue weighted by atomic mass is 127. The summed E-state index contributed by atoms with van der Waals surface area (Å²) in [5.74, 6) is -0.487. The summed E-state index contributed by atoms with van der Waals surface area (Å²) in [7, 11) is 0. The molecule has 0 spiro atoms. The predicted octanol–water partition coefficient (Wildman–Crippen LogP) is 3.15. The van der Waals surface area contributed by atoms with E-state index in [1.807, 2.05) is 28.7 Å². The third-order valence-electron chi connectivity index (χ3n) is 1.34. The molecule has 1 rings (SSSR count). The lowest BCUT2D eigenvalue weighted by molar-refractivity contribution is 0.615. The van der Waals surface area contributed by atoms with E-state index in [9.17, 15) is 4.39 Å². The van der Waals surface area contributed by atoms with Crippen LogP contribution >= 0.6 is 34.2 Å². The second-order valence-corrected chi connectivity index (χ2v) is 3.85. The van der Waals surface area contributed by atoms with Gasteiger partial charge in [-0.05, 0) is 34.7 Å². The maximum atomic E-state index is 13.1. The van der Waals surface area contributed by atoms with Crippen molar-refractivity contribution in [3.63, 3.8) is 0 Å². The van der Waals surface area contributed by atoms with Gasteiger partial charge < -0.3 is 0 Å². The highest BCUT2D eigenvalue weighted by molar-refractivity contribution is 14.1. The van der Waals surface area contributed by atoms with Crippen LogP contribution in [0.3, 0.4) is 0 Å². The van der Waals surface area contributed by atoms with Gasteiger partial charge in [0.1, 0.15) is 5.82 Å². The van der Waals surface area contributed by atoms with Crippen molar-refractivity contribution in [2.45, 2.75) is 6.42 Å². The van der Waals surface area contributed by atoms with E-state index in [0.29, 0.717) is 5.56 Å². The SMILES string of the molecule is N#CCc1cc(I)cc(Cl)c1F. The topological polar surface area (TPSA) is 23.8 Å².